The van der Waals surface area contributed by atoms with Gasteiger partial charge in [0.15, 0.2) is 0 Å². The number of aromatic nitrogens is 2. The van der Waals surface area contributed by atoms with Crippen molar-refractivity contribution < 1.29 is 9.90 Å². The van der Waals surface area contributed by atoms with Gasteiger partial charge in [-0.25, -0.2) is 9.78 Å². The summed E-state index contributed by atoms with van der Waals surface area (Å²) in [5, 5.41) is 11.8. The van der Waals surface area contributed by atoms with E-state index in [1.54, 1.807) is 17.0 Å². The number of fused-ring (bicyclic) bond motifs is 1. The van der Waals surface area contributed by atoms with Crippen LogP contribution in [0.15, 0.2) is 12.4 Å². The average molecular weight is 167 g/mol. The Morgan fingerprint density at radius 2 is 2.67 bits per heavy atom. The van der Waals surface area contributed by atoms with Crippen LogP contribution in [0.25, 0.3) is 0 Å². The highest BCUT2D eigenvalue weighted by atomic mass is 16.4. The van der Waals surface area contributed by atoms with E-state index in [-0.39, 0.29) is 0 Å². The summed E-state index contributed by atoms with van der Waals surface area (Å²) < 4.78 is 1.64. The van der Waals surface area contributed by atoms with Crippen LogP contribution in [0.5, 0.6) is 0 Å². The van der Waals surface area contributed by atoms with E-state index in [0.717, 1.165) is 0 Å². The molecule has 5 nitrogen and oxygen atoms in total. The van der Waals surface area contributed by atoms with Gasteiger partial charge in [-0.1, -0.05) is 0 Å². The number of carboxylic acid groups (broad SMARTS) is 1. The molecular formula is C7H9N3O2. The molecule has 0 saturated heterocycles. The number of aliphatic carboxylic acids is 1. The van der Waals surface area contributed by atoms with E-state index in [1.807, 2.05) is 0 Å². The second-order valence-corrected chi connectivity index (χ2v) is 2.73. The molecule has 0 saturated carbocycles. The van der Waals surface area contributed by atoms with Crippen molar-refractivity contribution in [3.8, 4) is 0 Å². The maximum Gasteiger partial charge on any atom is 0.326 e. The van der Waals surface area contributed by atoms with Gasteiger partial charge in [-0.15, -0.1) is 0 Å². The summed E-state index contributed by atoms with van der Waals surface area (Å²) in [6.45, 7) is 0.675. The number of rotatable bonds is 1. The summed E-state index contributed by atoms with van der Waals surface area (Å²) in [5.41, 5.74) is 0. The van der Waals surface area contributed by atoms with Crippen molar-refractivity contribution in [3.05, 3.63) is 12.4 Å². The lowest BCUT2D eigenvalue weighted by Crippen LogP contribution is -2.27. The third-order valence-electron chi connectivity index (χ3n) is 1.99. The zero-order valence-electron chi connectivity index (χ0n) is 6.40. The fraction of sp³-hybridized carbons (Fsp3) is 0.429. The molecule has 0 bridgehead atoms. The van der Waals surface area contributed by atoms with E-state index < -0.39 is 12.0 Å². The standard InChI is InChI=1S/C7H9N3O2/c11-6(12)5-1-2-8-7-9-3-4-10(5)7/h3-5H,1-2H2,(H,8,9)(H,11,12). The van der Waals surface area contributed by atoms with Gasteiger partial charge < -0.3 is 15.0 Å². The lowest BCUT2D eigenvalue weighted by atomic mass is 10.2. The number of hydrogen-bond donors (Lipinski definition) is 2. The van der Waals surface area contributed by atoms with Gasteiger partial charge in [0.25, 0.3) is 0 Å². The Labute approximate surface area is 69.0 Å². The van der Waals surface area contributed by atoms with Gasteiger partial charge >= 0.3 is 5.97 Å². The smallest absolute Gasteiger partial charge is 0.326 e. The van der Waals surface area contributed by atoms with E-state index in [0.29, 0.717) is 18.9 Å². The lowest BCUT2D eigenvalue weighted by molar-refractivity contribution is -0.141. The van der Waals surface area contributed by atoms with Gasteiger partial charge in [-0.05, 0) is 6.42 Å². The summed E-state index contributed by atoms with van der Waals surface area (Å²) in [6.07, 6.45) is 3.89. The van der Waals surface area contributed by atoms with Gasteiger partial charge in [-0.2, -0.15) is 0 Å². The zero-order chi connectivity index (χ0) is 8.55. The Morgan fingerprint density at radius 3 is 3.42 bits per heavy atom. The zero-order valence-corrected chi connectivity index (χ0v) is 6.40. The molecule has 0 aliphatic carbocycles. The quantitative estimate of drug-likeness (QED) is 0.632. The molecule has 1 aromatic heterocycles. The first-order chi connectivity index (χ1) is 5.79. The number of nitrogens with one attached hydrogen (secondary N) is 1. The first-order valence-electron chi connectivity index (χ1n) is 3.78. The fourth-order valence-corrected chi connectivity index (χ4v) is 1.40. The SMILES string of the molecule is O=C(O)C1CCNc2nccn21. The molecule has 0 spiro atoms. The van der Waals surface area contributed by atoms with Gasteiger partial charge in [0.05, 0.1) is 0 Å². The predicted octanol–water partition coefficient (Wildman–Crippen LogP) is 0.324. The van der Waals surface area contributed by atoms with Gasteiger partial charge in [-0.3, -0.25) is 0 Å². The van der Waals surface area contributed by atoms with Crippen molar-refractivity contribution in [2.45, 2.75) is 12.5 Å². The largest absolute Gasteiger partial charge is 0.480 e. The summed E-state index contributed by atoms with van der Waals surface area (Å²) in [6, 6.07) is -0.455. The first kappa shape index (κ1) is 7.15. The molecule has 2 N–H and O–H groups in total. The van der Waals surface area contributed by atoms with E-state index in [4.69, 9.17) is 5.11 Å². The highest BCUT2D eigenvalue weighted by Crippen LogP contribution is 2.21. The third-order valence-corrected chi connectivity index (χ3v) is 1.99. The van der Waals surface area contributed by atoms with Crippen molar-refractivity contribution in [2.75, 3.05) is 11.9 Å². The molecule has 0 radical (unpaired) electrons. The Bertz CT molecular complexity index is 307. The van der Waals surface area contributed by atoms with E-state index in [9.17, 15) is 4.79 Å². The molecule has 0 amide bonds. The molecule has 2 heterocycles. The number of carbonyl (C=O) groups is 1. The minimum atomic E-state index is -0.796. The summed E-state index contributed by atoms with van der Waals surface area (Å²) in [5.74, 6) is -0.149. The minimum Gasteiger partial charge on any atom is -0.480 e. The minimum absolute atomic E-state index is 0.455. The molecule has 1 aromatic rings. The molecule has 5 heteroatoms. The Balaban J connectivity index is 2.37. The Morgan fingerprint density at radius 1 is 1.83 bits per heavy atom. The van der Waals surface area contributed by atoms with Crippen molar-refractivity contribution in [1.29, 1.82) is 0 Å². The summed E-state index contributed by atoms with van der Waals surface area (Å²) >= 11 is 0. The molecule has 0 aromatic carbocycles. The number of hydrogen-bond acceptors (Lipinski definition) is 3. The molecule has 1 aliphatic heterocycles. The lowest BCUT2D eigenvalue weighted by Gasteiger charge is -2.22. The van der Waals surface area contributed by atoms with Crippen LogP contribution in [0.3, 0.4) is 0 Å². The molecule has 2 rings (SSSR count). The Kier molecular flexibility index (Phi) is 1.49. The van der Waals surface area contributed by atoms with Gasteiger partial charge in [0, 0.05) is 18.9 Å². The maximum atomic E-state index is 10.7. The topological polar surface area (TPSA) is 67.2 Å². The molecule has 1 atom stereocenters. The monoisotopic (exact) mass is 167 g/mol. The molecular weight excluding hydrogens is 158 g/mol. The highest BCUT2D eigenvalue weighted by Gasteiger charge is 2.24. The van der Waals surface area contributed by atoms with E-state index >= 15 is 0 Å². The number of imidazole rings is 1. The summed E-state index contributed by atoms with van der Waals surface area (Å²) in [7, 11) is 0. The predicted molar refractivity (Wildman–Crippen MR) is 42.0 cm³/mol. The van der Waals surface area contributed by atoms with Crippen molar-refractivity contribution in [3.63, 3.8) is 0 Å². The molecule has 1 unspecified atom stereocenters. The second-order valence-electron chi connectivity index (χ2n) is 2.73. The molecule has 64 valence electrons. The van der Waals surface area contributed by atoms with E-state index in [1.165, 1.54) is 0 Å². The number of carboxylic acids is 1. The fourth-order valence-electron chi connectivity index (χ4n) is 1.40. The molecule has 12 heavy (non-hydrogen) atoms. The van der Waals surface area contributed by atoms with Crippen LogP contribution in [0, 0.1) is 0 Å². The van der Waals surface area contributed by atoms with Crippen molar-refractivity contribution in [1.82, 2.24) is 9.55 Å². The van der Waals surface area contributed by atoms with Crippen LogP contribution < -0.4 is 5.32 Å². The summed E-state index contributed by atoms with van der Waals surface area (Å²) in [4.78, 5) is 14.7. The van der Waals surface area contributed by atoms with Gasteiger partial charge in [0.2, 0.25) is 5.95 Å². The Hall–Kier alpha value is -1.52. The average Bonchev–Trinajstić information content (AvgIpc) is 2.49. The number of anilines is 1. The van der Waals surface area contributed by atoms with E-state index in [2.05, 4.69) is 10.3 Å². The molecule has 1 aliphatic rings. The van der Waals surface area contributed by atoms with Crippen molar-refractivity contribution in [2.24, 2.45) is 0 Å². The van der Waals surface area contributed by atoms with Crippen LogP contribution >= 0.6 is 0 Å². The number of nitrogens with zero attached hydrogens (tertiary/aromatic N) is 2. The maximum absolute atomic E-state index is 10.7. The van der Waals surface area contributed by atoms with Gasteiger partial charge in [0.1, 0.15) is 6.04 Å². The first-order valence-corrected chi connectivity index (χ1v) is 3.78. The van der Waals surface area contributed by atoms with Crippen molar-refractivity contribution >= 4 is 11.9 Å². The van der Waals surface area contributed by atoms with Crippen LogP contribution in [-0.4, -0.2) is 27.2 Å². The van der Waals surface area contributed by atoms with Crippen LogP contribution in [0.2, 0.25) is 0 Å². The molecule has 0 fully saturated rings. The normalized spacial score (nSPS) is 21.2. The van der Waals surface area contributed by atoms with Crippen LogP contribution in [-0.2, 0) is 4.79 Å². The highest BCUT2D eigenvalue weighted by molar-refractivity contribution is 5.73. The third kappa shape index (κ3) is 0.939. The van der Waals surface area contributed by atoms with Crippen LogP contribution in [0.1, 0.15) is 12.5 Å². The van der Waals surface area contributed by atoms with Crippen LogP contribution in [0.4, 0.5) is 5.95 Å². The second kappa shape index (κ2) is 2.51.